The molecule has 2 rings (SSSR count). The molecular formula is C38H55N9O9. The number of amides is 8. The normalized spacial score (nSPS) is 12.3. The van der Waals surface area contributed by atoms with Gasteiger partial charge in [-0.25, -0.2) is 4.79 Å². The molecule has 56 heavy (non-hydrogen) atoms. The lowest BCUT2D eigenvalue weighted by molar-refractivity contribution is -0.148. The Balaban J connectivity index is 2.08. The van der Waals surface area contributed by atoms with Crippen LogP contribution in [-0.2, 0) is 51.3 Å². The van der Waals surface area contributed by atoms with Gasteiger partial charge in [0.2, 0.25) is 35.4 Å². The molecule has 18 heteroatoms. The largest absolute Gasteiger partial charge is 0.461 e. The van der Waals surface area contributed by atoms with Crippen LogP contribution in [0, 0.1) is 11.8 Å². The molecule has 3 atom stereocenters. The molecule has 0 aliphatic carbocycles. The van der Waals surface area contributed by atoms with E-state index in [4.69, 9.17) is 10.5 Å². The Kier molecular flexibility index (Phi) is 20.1. The molecule has 18 nitrogen and oxygen atoms in total. The average molecular weight is 782 g/mol. The molecule has 0 unspecified atom stereocenters. The maximum absolute atomic E-state index is 13.6. The van der Waals surface area contributed by atoms with Crippen molar-refractivity contribution in [2.24, 2.45) is 17.6 Å². The fraction of sp³-hybridized carbons (Fsp3) is 0.474. The first-order valence-corrected chi connectivity index (χ1v) is 18.3. The Hall–Kier alpha value is -6.04. The molecule has 0 aliphatic rings. The quantitative estimate of drug-likeness (QED) is 0.0519. The number of ether oxygens (including phenoxy) is 1. The van der Waals surface area contributed by atoms with Crippen LogP contribution < -0.4 is 48.3 Å². The SMILES string of the molecule is CNCC(=O)NCC(=O)N[C@@H](Cc1ccccc1)C(=O)NCC(=O)N[C@H](C(=O)N[C@@H](CCCNC(N)=O)C(=O)Nc1ccc(COC(=O)C(C)C)cc1)C(C)C. The molecule has 0 aromatic heterocycles. The summed E-state index contributed by atoms with van der Waals surface area (Å²) in [7, 11) is 1.58. The minimum Gasteiger partial charge on any atom is -0.461 e. The molecule has 0 radical (unpaired) electrons. The summed E-state index contributed by atoms with van der Waals surface area (Å²) < 4.78 is 5.24. The first-order valence-electron chi connectivity index (χ1n) is 18.3. The van der Waals surface area contributed by atoms with E-state index in [2.05, 4.69) is 42.5 Å². The predicted molar refractivity (Wildman–Crippen MR) is 207 cm³/mol. The molecule has 10 N–H and O–H groups in total. The number of nitrogens with one attached hydrogen (secondary N) is 8. The number of hydrogen-bond acceptors (Lipinski definition) is 10. The van der Waals surface area contributed by atoms with Gasteiger partial charge in [-0.15, -0.1) is 0 Å². The molecule has 0 aliphatic heterocycles. The topological polar surface area (TPSA) is 268 Å². The Bertz CT molecular complexity index is 1640. The number of esters is 1. The number of urea groups is 1. The third-order valence-corrected chi connectivity index (χ3v) is 8.08. The van der Waals surface area contributed by atoms with Gasteiger partial charge in [0.05, 0.1) is 25.6 Å². The highest BCUT2D eigenvalue weighted by molar-refractivity contribution is 5.99. The van der Waals surface area contributed by atoms with Crippen LogP contribution in [0.4, 0.5) is 10.5 Å². The van der Waals surface area contributed by atoms with Crippen molar-refractivity contribution in [2.45, 2.75) is 71.7 Å². The number of rotatable bonds is 23. The maximum atomic E-state index is 13.6. The zero-order valence-electron chi connectivity index (χ0n) is 32.5. The number of nitrogens with two attached hydrogens (primary N) is 1. The zero-order valence-corrected chi connectivity index (χ0v) is 32.5. The van der Waals surface area contributed by atoms with Crippen LogP contribution >= 0.6 is 0 Å². The summed E-state index contributed by atoms with van der Waals surface area (Å²) in [4.78, 5) is 101. The summed E-state index contributed by atoms with van der Waals surface area (Å²) in [6.07, 6.45) is 0.469. The van der Waals surface area contributed by atoms with E-state index in [0.29, 0.717) is 11.3 Å². The van der Waals surface area contributed by atoms with Gasteiger partial charge in [0.1, 0.15) is 24.7 Å². The standard InChI is InChI=1S/C38H55N9O9/c1-23(2)33(47-32(50)21-43-34(51)29(18-25-10-7-6-8-11-25)45-31(49)20-42-30(48)19-40-5)36(53)46-28(12-9-17-41-38(39)55)35(52)44-27-15-13-26(14-16-27)22-56-37(54)24(3)4/h6-8,10-11,13-16,23-24,28-29,33,40H,9,12,17-22H2,1-5H3,(H,42,48)(H,43,51)(H,44,52)(H,45,49)(H,46,53)(H,47,50)(H3,39,41,55)/t28-,29-,33-/m0/s1. The van der Waals surface area contributed by atoms with E-state index >= 15 is 0 Å². The van der Waals surface area contributed by atoms with E-state index in [1.807, 2.05) is 0 Å². The van der Waals surface area contributed by atoms with E-state index < -0.39 is 72.1 Å². The van der Waals surface area contributed by atoms with E-state index in [1.54, 1.807) is 89.3 Å². The summed E-state index contributed by atoms with van der Waals surface area (Å²) in [6.45, 7) is 6.13. The summed E-state index contributed by atoms with van der Waals surface area (Å²) in [5.74, 6) is -4.70. The Morgan fingerprint density at radius 2 is 1.30 bits per heavy atom. The third kappa shape index (κ3) is 17.9. The fourth-order valence-electron chi connectivity index (χ4n) is 5.04. The summed E-state index contributed by atoms with van der Waals surface area (Å²) >= 11 is 0. The van der Waals surface area contributed by atoms with Crippen LogP contribution in [-0.4, -0.2) is 98.8 Å². The molecule has 2 aromatic rings. The van der Waals surface area contributed by atoms with Gasteiger partial charge in [0.15, 0.2) is 0 Å². The minimum absolute atomic E-state index is 0.00326. The van der Waals surface area contributed by atoms with Gasteiger partial charge in [-0.05, 0) is 49.1 Å². The van der Waals surface area contributed by atoms with Gasteiger partial charge in [0.25, 0.3) is 0 Å². The fourth-order valence-corrected chi connectivity index (χ4v) is 5.04. The summed E-state index contributed by atoms with van der Waals surface area (Å²) in [6, 6.07) is 11.4. The molecule has 0 fully saturated rings. The van der Waals surface area contributed by atoms with Crippen molar-refractivity contribution >= 4 is 53.1 Å². The number of anilines is 1. The number of primary amides is 1. The van der Waals surface area contributed by atoms with E-state index in [1.165, 1.54) is 0 Å². The van der Waals surface area contributed by atoms with Crippen molar-refractivity contribution in [2.75, 3.05) is 38.5 Å². The minimum atomic E-state index is -1.12. The predicted octanol–water partition coefficient (Wildman–Crippen LogP) is -0.422. The number of carbonyl (C=O) groups excluding carboxylic acids is 8. The maximum Gasteiger partial charge on any atom is 0.312 e. The van der Waals surface area contributed by atoms with Gasteiger partial charge >= 0.3 is 12.0 Å². The number of hydrogen-bond donors (Lipinski definition) is 9. The van der Waals surface area contributed by atoms with Crippen molar-refractivity contribution in [3.8, 4) is 0 Å². The lowest BCUT2D eigenvalue weighted by Crippen LogP contribution is -2.56. The molecular weight excluding hydrogens is 726 g/mol. The first kappa shape index (κ1) is 46.1. The van der Waals surface area contributed by atoms with Gasteiger partial charge in [0, 0.05) is 18.7 Å². The molecule has 0 saturated carbocycles. The second kappa shape index (κ2) is 24.4. The second-order valence-electron chi connectivity index (χ2n) is 13.6. The lowest BCUT2D eigenvalue weighted by atomic mass is 10.0. The third-order valence-electron chi connectivity index (χ3n) is 8.08. The molecule has 2 aromatic carbocycles. The van der Waals surface area contributed by atoms with Crippen LogP contribution in [0.25, 0.3) is 0 Å². The van der Waals surface area contributed by atoms with Gasteiger partial charge < -0.3 is 53.0 Å². The highest BCUT2D eigenvalue weighted by atomic mass is 16.5. The second-order valence-corrected chi connectivity index (χ2v) is 13.6. The Morgan fingerprint density at radius 1 is 0.661 bits per heavy atom. The van der Waals surface area contributed by atoms with Crippen molar-refractivity contribution in [1.29, 1.82) is 0 Å². The monoisotopic (exact) mass is 781 g/mol. The van der Waals surface area contributed by atoms with Crippen molar-refractivity contribution in [3.05, 3.63) is 65.7 Å². The van der Waals surface area contributed by atoms with Crippen LogP contribution in [0.15, 0.2) is 54.6 Å². The molecule has 0 spiro atoms. The first-order chi connectivity index (χ1) is 26.6. The molecule has 8 amide bonds. The van der Waals surface area contributed by atoms with E-state index in [0.717, 1.165) is 5.56 Å². The van der Waals surface area contributed by atoms with Gasteiger partial charge in [-0.3, -0.25) is 33.6 Å². The number of benzene rings is 2. The highest BCUT2D eigenvalue weighted by Gasteiger charge is 2.29. The zero-order chi connectivity index (χ0) is 41.6. The highest BCUT2D eigenvalue weighted by Crippen LogP contribution is 2.13. The average Bonchev–Trinajstić information content (AvgIpc) is 3.15. The van der Waals surface area contributed by atoms with Crippen LogP contribution in [0.3, 0.4) is 0 Å². The van der Waals surface area contributed by atoms with E-state index in [9.17, 15) is 38.4 Å². The van der Waals surface area contributed by atoms with Crippen molar-refractivity contribution < 1.29 is 43.1 Å². The van der Waals surface area contributed by atoms with Crippen molar-refractivity contribution in [3.63, 3.8) is 0 Å². The van der Waals surface area contributed by atoms with Gasteiger partial charge in [-0.1, -0.05) is 70.2 Å². The van der Waals surface area contributed by atoms with Crippen LogP contribution in [0.1, 0.15) is 51.7 Å². The molecule has 306 valence electrons. The smallest absolute Gasteiger partial charge is 0.312 e. The summed E-state index contributed by atoms with van der Waals surface area (Å²) in [5.41, 5.74) is 7.00. The van der Waals surface area contributed by atoms with Crippen molar-refractivity contribution in [1.82, 2.24) is 37.2 Å². The van der Waals surface area contributed by atoms with Crippen LogP contribution in [0.5, 0.6) is 0 Å². The Morgan fingerprint density at radius 3 is 1.91 bits per heavy atom. The number of likely N-dealkylation sites (N-methyl/N-ethyl adjacent to an activating group) is 1. The number of carbonyl (C=O) groups is 8. The van der Waals surface area contributed by atoms with Gasteiger partial charge in [-0.2, -0.15) is 0 Å². The Labute approximate surface area is 326 Å². The molecule has 0 saturated heterocycles. The molecule has 0 bridgehead atoms. The summed E-state index contributed by atoms with van der Waals surface area (Å²) in [5, 5.41) is 20.7. The van der Waals surface area contributed by atoms with E-state index in [-0.39, 0.29) is 57.4 Å². The molecule has 0 heterocycles. The lowest BCUT2D eigenvalue weighted by Gasteiger charge is -2.26. The van der Waals surface area contributed by atoms with Crippen LogP contribution in [0.2, 0.25) is 0 Å².